The highest BCUT2D eigenvalue weighted by atomic mass is 19.1. The first-order valence-corrected chi connectivity index (χ1v) is 11.9. The van der Waals surface area contributed by atoms with Crippen molar-refractivity contribution in [1.29, 1.82) is 0 Å². The molecule has 3 aromatic rings. The van der Waals surface area contributed by atoms with Gasteiger partial charge < -0.3 is 15.0 Å². The van der Waals surface area contributed by atoms with Gasteiger partial charge in [-0.3, -0.25) is 9.48 Å². The fourth-order valence-corrected chi connectivity index (χ4v) is 4.82. The Kier molecular flexibility index (Phi) is 5.13. The van der Waals surface area contributed by atoms with Crippen molar-refractivity contribution in [2.45, 2.75) is 44.7 Å². The van der Waals surface area contributed by atoms with E-state index in [1.165, 1.54) is 12.1 Å². The SMILES string of the molecule is C[C@H]1CCc2c(ccc(-c3cnn(C4CNC4)c3)c2Oc2ccc(F)cc2F)N1C(=O)C1CC1. The van der Waals surface area contributed by atoms with Crippen molar-refractivity contribution < 1.29 is 18.3 Å². The number of rotatable bonds is 5. The zero-order valence-corrected chi connectivity index (χ0v) is 18.9. The second-order valence-corrected chi connectivity index (χ2v) is 9.51. The maximum atomic E-state index is 14.6. The lowest BCUT2D eigenvalue weighted by atomic mass is 9.92. The molecule has 8 heteroatoms. The fraction of sp³-hybridized carbons (Fsp3) is 0.385. The number of carbonyl (C=O) groups excluding carboxylic acids is 1. The number of aromatic nitrogens is 2. The Morgan fingerprint density at radius 1 is 1.15 bits per heavy atom. The number of amides is 1. The number of nitrogens with zero attached hydrogens (tertiary/aromatic N) is 3. The molecule has 34 heavy (non-hydrogen) atoms. The highest BCUT2D eigenvalue weighted by molar-refractivity contribution is 5.99. The standard InChI is InChI=1S/C26H26F2N4O2/c1-15-2-6-21-23(32(15)26(33)16-3-4-16)8-7-20(17-11-30-31(14-17)19-12-29-13-19)25(21)34-24-9-5-18(27)10-22(24)28/h5,7-11,14-16,19,29H,2-4,6,12-13H2,1H3/t15-/m0/s1. The van der Waals surface area contributed by atoms with Gasteiger partial charge in [-0.1, -0.05) is 0 Å². The number of anilines is 1. The van der Waals surface area contributed by atoms with E-state index in [2.05, 4.69) is 17.3 Å². The third-order valence-electron chi connectivity index (χ3n) is 7.06. The predicted octanol–water partition coefficient (Wildman–Crippen LogP) is 4.84. The lowest BCUT2D eigenvalue weighted by Crippen LogP contribution is -2.43. The molecule has 0 bridgehead atoms. The van der Waals surface area contributed by atoms with Crippen molar-refractivity contribution in [1.82, 2.24) is 15.1 Å². The number of ether oxygens (including phenoxy) is 1. The number of benzene rings is 2. The Morgan fingerprint density at radius 3 is 2.68 bits per heavy atom. The van der Waals surface area contributed by atoms with Gasteiger partial charge in [0.1, 0.15) is 11.6 Å². The minimum atomic E-state index is -0.769. The molecule has 0 unspecified atom stereocenters. The van der Waals surface area contributed by atoms with E-state index >= 15 is 0 Å². The smallest absolute Gasteiger partial charge is 0.230 e. The summed E-state index contributed by atoms with van der Waals surface area (Å²) in [6, 6.07) is 7.57. The number of halogens is 2. The summed E-state index contributed by atoms with van der Waals surface area (Å²) in [5, 5.41) is 7.77. The fourth-order valence-electron chi connectivity index (χ4n) is 4.82. The van der Waals surface area contributed by atoms with Crippen LogP contribution in [0.1, 0.15) is 37.8 Å². The third-order valence-corrected chi connectivity index (χ3v) is 7.06. The Hall–Kier alpha value is -3.26. The van der Waals surface area contributed by atoms with Gasteiger partial charge in [0.25, 0.3) is 0 Å². The lowest BCUT2D eigenvalue weighted by Gasteiger charge is -2.36. The molecule has 3 aliphatic rings. The van der Waals surface area contributed by atoms with E-state index in [0.717, 1.165) is 60.8 Å². The molecule has 1 N–H and O–H groups in total. The van der Waals surface area contributed by atoms with Crippen LogP contribution < -0.4 is 15.0 Å². The molecule has 1 saturated carbocycles. The van der Waals surface area contributed by atoms with E-state index in [4.69, 9.17) is 4.74 Å². The average Bonchev–Trinajstić information content (AvgIpc) is 3.53. The first kappa shape index (κ1) is 21.3. The molecule has 1 atom stereocenters. The highest BCUT2D eigenvalue weighted by Crippen LogP contribution is 2.46. The van der Waals surface area contributed by atoms with Crippen LogP contribution in [0, 0.1) is 17.6 Å². The molecule has 1 amide bonds. The van der Waals surface area contributed by atoms with Gasteiger partial charge in [-0.15, -0.1) is 0 Å². The van der Waals surface area contributed by atoms with Gasteiger partial charge in [-0.05, 0) is 56.9 Å². The van der Waals surface area contributed by atoms with Crippen LogP contribution >= 0.6 is 0 Å². The lowest BCUT2D eigenvalue weighted by molar-refractivity contribution is -0.120. The van der Waals surface area contributed by atoms with Crippen LogP contribution in [-0.4, -0.2) is 34.8 Å². The normalized spacial score (nSPS) is 20.1. The van der Waals surface area contributed by atoms with Crippen molar-refractivity contribution in [2.75, 3.05) is 18.0 Å². The van der Waals surface area contributed by atoms with Gasteiger partial charge >= 0.3 is 0 Å². The first-order valence-electron chi connectivity index (χ1n) is 11.9. The molecule has 2 aromatic carbocycles. The first-order chi connectivity index (χ1) is 16.5. The third kappa shape index (κ3) is 3.66. The monoisotopic (exact) mass is 464 g/mol. The molecule has 6 nitrogen and oxygen atoms in total. The summed E-state index contributed by atoms with van der Waals surface area (Å²) in [5.74, 6) is -0.757. The molecular formula is C26H26F2N4O2. The summed E-state index contributed by atoms with van der Waals surface area (Å²) in [6.45, 7) is 3.80. The summed E-state index contributed by atoms with van der Waals surface area (Å²) in [7, 11) is 0. The van der Waals surface area contributed by atoms with Crippen LogP contribution in [-0.2, 0) is 11.2 Å². The van der Waals surface area contributed by atoms with Gasteiger partial charge in [-0.2, -0.15) is 5.10 Å². The molecule has 176 valence electrons. The maximum Gasteiger partial charge on any atom is 0.230 e. The summed E-state index contributed by atoms with van der Waals surface area (Å²) >= 11 is 0. The van der Waals surface area contributed by atoms with E-state index < -0.39 is 11.6 Å². The number of carbonyl (C=O) groups is 1. The molecule has 6 rings (SSSR count). The largest absolute Gasteiger partial charge is 0.453 e. The number of hydrogen-bond acceptors (Lipinski definition) is 4. The summed E-state index contributed by atoms with van der Waals surface area (Å²) < 4.78 is 36.2. The predicted molar refractivity (Wildman–Crippen MR) is 124 cm³/mol. The second kappa shape index (κ2) is 8.20. The zero-order valence-electron chi connectivity index (χ0n) is 18.9. The Bertz CT molecular complexity index is 1270. The van der Waals surface area contributed by atoms with E-state index in [-0.39, 0.29) is 23.6 Å². The van der Waals surface area contributed by atoms with Crippen molar-refractivity contribution in [2.24, 2.45) is 5.92 Å². The van der Waals surface area contributed by atoms with Gasteiger partial charge in [0, 0.05) is 54.0 Å². The van der Waals surface area contributed by atoms with Crippen LogP contribution in [0.5, 0.6) is 11.5 Å². The summed E-state index contributed by atoms with van der Waals surface area (Å²) in [5.41, 5.74) is 3.30. The van der Waals surface area contributed by atoms with Crippen LogP contribution in [0.3, 0.4) is 0 Å². The van der Waals surface area contributed by atoms with Crippen molar-refractivity contribution in [3.8, 4) is 22.6 Å². The molecule has 1 aliphatic carbocycles. The zero-order chi connectivity index (χ0) is 23.4. The Labute approximate surface area is 196 Å². The molecule has 1 saturated heterocycles. The minimum Gasteiger partial charge on any atom is -0.453 e. The Balaban J connectivity index is 1.47. The minimum absolute atomic E-state index is 0.0506. The summed E-state index contributed by atoms with van der Waals surface area (Å²) in [6.07, 6.45) is 7.08. The topological polar surface area (TPSA) is 59.4 Å². The van der Waals surface area contributed by atoms with Crippen molar-refractivity contribution in [3.05, 3.63) is 59.9 Å². The van der Waals surface area contributed by atoms with E-state index in [9.17, 15) is 13.6 Å². The van der Waals surface area contributed by atoms with Crippen LogP contribution in [0.15, 0.2) is 42.7 Å². The number of fused-ring (bicyclic) bond motifs is 1. The highest BCUT2D eigenvalue weighted by Gasteiger charge is 2.39. The molecule has 2 aliphatic heterocycles. The molecule has 1 aromatic heterocycles. The molecule has 3 heterocycles. The summed E-state index contributed by atoms with van der Waals surface area (Å²) in [4.78, 5) is 15.0. The van der Waals surface area contributed by atoms with E-state index in [1.807, 2.05) is 27.9 Å². The van der Waals surface area contributed by atoms with Gasteiger partial charge in [0.15, 0.2) is 11.6 Å². The quantitative estimate of drug-likeness (QED) is 0.587. The number of hydrogen-bond donors (Lipinski definition) is 1. The number of nitrogens with one attached hydrogen (secondary N) is 1. The van der Waals surface area contributed by atoms with Crippen molar-refractivity contribution in [3.63, 3.8) is 0 Å². The van der Waals surface area contributed by atoms with Crippen molar-refractivity contribution >= 4 is 11.6 Å². The molecule has 0 spiro atoms. The van der Waals surface area contributed by atoms with Crippen LogP contribution in [0.2, 0.25) is 0 Å². The molecular weight excluding hydrogens is 438 g/mol. The second-order valence-electron chi connectivity index (χ2n) is 9.51. The Morgan fingerprint density at radius 2 is 1.97 bits per heavy atom. The van der Waals surface area contributed by atoms with Gasteiger partial charge in [-0.25, -0.2) is 8.78 Å². The van der Waals surface area contributed by atoms with E-state index in [0.29, 0.717) is 18.2 Å². The van der Waals surface area contributed by atoms with Gasteiger partial charge in [0.05, 0.1) is 17.9 Å². The maximum absolute atomic E-state index is 14.6. The van der Waals surface area contributed by atoms with Crippen LogP contribution in [0.4, 0.5) is 14.5 Å². The average molecular weight is 465 g/mol. The molecule has 0 radical (unpaired) electrons. The van der Waals surface area contributed by atoms with E-state index in [1.54, 1.807) is 6.20 Å². The van der Waals surface area contributed by atoms with Crippen LogP contribution in [0.25, 0.3) is 11.1 Å². The van der Waals surface area contributed by atoms with Gasteiger partial charge in [0.2, 0.25) is 5.91 Å². The molecule has 2 fully saturated rings.